The molecular weight excluding hydrogens is 319 g/mol. The molecule has 0 bridgehead atoms. The Morgan fingerprint density at radius 3 is 2.72 bits per heavy atom. The van der Waals surface area contributed by atoms with E-state index >= 15 is 0 Å². The molecule has 1 unspecified atom stereocenters. The molecule has 0 radical (unpaired) electrons. The third-order valence-corrected chi connectivity index (χ3v) is 5.50. The second kappa shape index (κ2) is 7.92. The third-order valence-electron chi connectivity index (χ3n) is 5.50. The summed E-state index contributed by atoms with van der Waals surface area (Å²) in [6.07, 6.45) is 2.26. The van der Waals surface area contributed by atoms with E-state index in [2.05, 4.69) is 42.8 Å². The second-order valence-corrected chi connectivity index (χ2v) is 7.72. The van der Waals surface area contributed by atoms with E-state index in [1.807, 2.05) is 0 Å². The van der Waals surface area contributed by atoms with Crippen molar-refractivity contribution in [1.82, 2.24) is 9.80 Å². The van der Waals surface area contributed by atoms with Crippen molar-refractivity contribution in [1.29, 1.82) is 0 Å². The van der Waals surface area contributed by atoms with Crippen molar-refractivity contribution in [3.8, 4) is 11.5 Å². The van der Waals surface area contributed by atoms with Crippen molar-refractivity contribution < 1.29 is 13.9 Å². The highest BCUT2D eigenvalue weighted by atomic mass is 19.1. The van der Waals surface area contributed by atoms with E-state index < -0.39 is 6.67 Å². The number of hydrogen-bond donors (Lipinski definition) is 0. The predicted octanol–water partition coefficient (Wildman–Crippen LogP) is 3.30. The van der Waals surface area contributed by atoms with Gasteiger partial charge in [0.25, 0.3) is 0 Å². The second-order valence-electron chi connectivity index (χ2n) is 7.72. The lowest BCUT2D eigenvalue weighted by Crippen LogP contribution is -2.55. The summed E-state index contributed by atoms with van der Waals surface area (Å²) in [5.74, 6) is 2.09. The summed E-state index contributed by atoms with van der Waals surface area (Å²) >= 11 is 0. The zero-order valence-corrected chi connectivity index (χ0v) is 15.9. The number of hydrogen-bond acceptors (Lipinski definition) is 4. The van der Waals surface area contributed by atoms with E-state index in [4.69, 9.17) is 9.47 Å². The van der Waals surface area contributed by atoms with Crippen LogP contribution in [-0.4, -0.2) is 62.9 Å². The molecular formula is C20H31FN2O2. The number of ether oxygens (including phenoxy) is 2. The molecule has 0 saturated carbocycles. The largest absolute Gasteiger partial charge is 0.493 e. The number of likely N-dealkylation sites (N-methyl/N-ethyl adjacent to an activating group) is 1. The molecule has 3 rings (SSSR count). The van der Waals surface area contributed by atoms with Crippen molar-refractivity contribution in [2.24, 2.45) is 5.92 Å². The summed E-state index contributed by atoms with van der Waals surface area (Å²) in [7, 11) is 3.89. The van der Waals surface area contributed by atoms with Gasteiger partial charge in [-0.15, -0.1) is 0 Å². The topological polar surface area (TPSA) is 24.9 Å². The number of benzene rings is 1. The van der Waals surface area contributed by atoms with E-state index in [0.717, 1.165) is 32.0 Å². The molecule has 140 valence electrons. The van der Waals surface area contributed by atoms with Gasteiger partial charge in [0.05, 0.1) is 7.11 Å². The minimum absolute atomic E-state index is 0.0737. The van der Waals surface area contributed by atoms with E-state index in [1.165, 1.54) is 17.5 Å². The summed E-state index contributed by atoms with van der Waals surface area (Å²) in [4.78, 5) is 5.13. The summed E-state index contributed by atoms with van der Waals surface area (Å²) in [6, 6.07) is 5.20. The highest BCUT2D eigenvalue weighted by molar-refractivity contribution is 5.49. The van der Waals surface area contributed by atoms with Crippen LogP contribution in [0.25, 0.3) is 0 Å². The maximum atomic E-state index is 12.5. The van der Waals surface area contributed by atoms with E-state index in [1.54, 1.807) is 7.11 Å². The molecule has 0 aromatic heterocycles. The van der Waals surface area contributed by atoms with Crippen molar-refractivity contribution in [3.05, 3.63) is 23.3 Å². The Kier molecular flexibility index (Phi) is 5.85. The molecule has 0 N–H and O–H groups in total. The zero-order chi connectivity index (χ0) is 18.0. The molecule has 0 amide bonds. The molecule has 2 atom stereocenters. The van der Waals surface area contributed by atoms with Crippen LogP contribution in [0.4, 0.5) is 4.39 Å². The SMILES string of the molecule is COc1cc2c(cc1OCCF)CCN1C[C@@H](CC(C)C)N(C)CC21. The number of halogens is 1. The van der Waals surface area contributed by atoms with Crippen molar-refractivity contribution >= 4 is 0 Å². The van der Waals surface area contributed by atoms with Gasteiger partial charge in [0.1, 0.15) is 13.3 Å². The summed E-state index contributed by atoms with van der Waals surface area (Å²) in [5.41, 5.74) is 2.65. The Hall–Kier alpha value is -1.33. The van der Waals surface area contributed by atoms with Crippen LogP contribution in [0.2, 0.25) is 0 Å². The van der Waals surface area contributed by atoms with Gasteiger partial charge in [-0.1, -0.05) is 13.8 Å². The fraction of sp³-hybridized carbons (Fsp3) is 0.700. The number of rotatable bonds is 6. The Morgan fingerprint density at radius 2 is 2.04 bits per heavy atom. The van der Waals surface area contributed by atoms with E-state index in [9.17, 15) is 4.39 Å². The quantitative estimate of drug-likeness (QED) is 0.786. The first kappa shape index (κ1) is 18.5. The van der Waals surface area contributed by atoms with Crippen LogP contribution < -0.4 is 9.47 Å². The van der Waals surface area contributed by atoms with Gasteiger partial charge >= 0.3 is 0 Å². The molecule has 2 aliphatic rings. The smallest absolute Gasteiger partial charge is 0.161 e. The Bertz CT molecular complexity index is 593. The van der Waals surface area contributed by atoms with Crippen LogP contribution in [0.15, 0.2) is 12.1 Å². The Balaban J connectivity index is 1.84. The standard InChI is InChI=1S/C20H31FN2O2/c1-14(2)9-16-12-23-7-5-15-10-20(25-8-6-21)19(24-4)11-17(15)18(23)13-22(16)3/h10-11,14,16,18H,5-9,12-13H2,1-4H3/t16-,18?/m1/s1. The first-order chi connectivity index (χ1) is 12.0. The average Bonchev–Trinajstić information content (AvgIpc) is 2.59. The number of methoxy groups -OCH3 is 1. The van der Waals surface area contributed by atoms with Crippen LogP contribution in [0.1, 0.15) is 37.4 Å². The summed E-state index contributed by atoms with van der Waals surface area (Å²) in [5, 5.41) is 0. The van der Waals surface area contributed by atoms with E-state index in [0.29, 0.717) is 23.6 Å². The van der Waals surface area contributed by atoms with Gasteiger partial charge in [-0.3, -0.25) is 4.90 Å². The van der Waals surface area contributed by atoms with Gasteiger partial charge < -0.3 is 14.4 Å². The van der Waals surface area contributed by atoms with Crippen LogP contribution >= 0.6 is 0 Å². The lowest BCUT2D eigenvalue weighted by molar-refractivity contribution is 0.0294. The van der Waals surface area contributed by atoms with Gasteiger partial charge in [-0.2, -0.15) is 0 Å². The Labute approximate surface area is 150 Å². The van der Waals surface area contributed by atoms with Gasteiger partial charge in [0, 0.05) is 31.7 Å². The molecule has 1 saturated heterocycles. The first-order valence-electron chi connectivity index (χ1n) is 9.37. The minimum atomic E-state index is -0.487. The fourth-order valence-corrected chi connectivity index (χ4v) is 4.24. The molecule has 1 aromatic rings. The molecule has 0 aliphatic carbocycles. The maximum absolute atomic E-state index is 12.5. The van der Waals surface area contributed by atoms with Crippen molar-refractivity contribution in [3.63, 3.8) is 0 Å². The highest BCUT2D eigenvalue weighted by Gasteiger charge is 2.36. The molecule has 2 aliphatic heterocycles. The lowest BCUT2D eigenvalue weighted by Gasteiger charge is -2.48. The number of nitrogens with zero attached hydrogens (tertiary/aromatic N) is 2. The predicted molar refractivity (Wildman–Crippen MR) is 98.4 cm³/mol. The van der Waals surface area contributed by atoms with Gasteiger partial charge in [0.15, 0.2) is 11.5 Å². The summed E-state index contributed by atoms with van der Waals surface area (Å²) in [6.45, 7) is 7.43. The zero-order valence-electron chi connectivity index (χ0n) is 15.9. The Morgan fingerprint density at radius 1 is 1.24 bits per heavy atom. The van der Waals surface area contributed by atoms with E-state index in [-0.39, 0.29) is 6.61 Å². The van der Waals surface area contributed by atoms with Crippen molar-refractivity contribution in [2.45, 2.75) is 38.8 Å². The van der Waals surface area contributed by atoms with Crippen LogP contribution in [0, 0.1) is 5.92 Å². The number of alkyl halides is 1. The number of fused-ring (bicyclic) bond motifs is 3. The molecule has 5 heteroatoms. The molecule has 0 spiro atoms. The van der Waals surface area contributed by atoms with Gasteiger partial charge in [0.2, 0.25) is 0 Å². The van der Waals surface area contributed by atoms with Crippen molar-refractivity contribution in [2.75, 3.05) is 47.1 Å². The molecule has 1 fully saturated rings. The lowest BCUT2D eigenvalue weighted by atomic mass is 9.88. The normalized spacial score (nSPS) is 24.1. The fourth-order valence-electron chi connectivity index (χ4n) is 4.24. The highest BCUT2D eigenvalue weighted by Crippen LogP contribution is 2.40. The first-order valence-corrected chi connectivity index (χ1v) is 9.37. The monoisotopic (exact) mass is 350 g/mol. The minimum Gasteiger partial charge on any atom is -0.493 e. The molecule has 1 aromatic carbocycles. The van der Waals surface area contributed by atoms with Crippen LogP contribution in [0.5, 0.6) is 11.5 Å². The number of piperazine rings is 1. The third kappa shape index (κ3) is 3.93. The van der Waals surface area contributed by atoms with Crippen LogP contribution in [0.3, 0.4) is 0 Å². The maximum Gasteiger partial charge on any atom is 0.161 e. The van der Waals surface area contributed by atoms with Gasteiger partial charge in [-0.05, 0) is 49.1 Å². The molecule has 25 heavy (non-hydrogen) atoms. The van der Waals surface area contributed by atoms with Gasteiger partial charge in [-0.25, -0.2) is 4.39 Å². The molecule has 4 nitrogen and oxygen atoms in total. The molecule has 2 heterocycles. The van der Waals surface area contributed by atoms with Crippen LogP contribution in [-0.2, 0) is 6.42 Å². The summed E-state index contributed by atoms with van der Waals surface area (Å²) < 4.78 is 23.5. The average molecular weight is 350 g/mol.